The van der Waals surface area contributed by atoms with E-state index in [2.05, 4.69) is 44.5 Å². The molecule has 0 aromatic rings. The standard InChI is InChI=1S/C14H29N3/c1-10-8-17(9-11(2)16(10)5)12-6-7-14(3,4)13(12)15/h10-13H,6-9,15H2,1-5H3. The van der Waals surface area contributed by atoms with Crippen LogP contribution in [0.3, 0.4) is 0 Å². The molecule has 0 radical (unpaired) electrons. The van der Waals surface area contributed by atoms with E-state index in [1.807, 2.05) is 0 Å². The summed E-state index contributed by atoms with van der Waals surface area (Å²) < 4.78 is 0. The Labute approximate surface area is 106 Å². The highest BCUT2D eigenvalue weighted by molar-refractivity contribution is 5.01. The number of hydrogen-bond donors (Lipinski definition) is 1. The average molecular weight is 239 g/mol. The Morgan fingerprint density at radius 2 is 1.65 bits per heavy atom. The molecular formula is C14H29N3. The molecule has 1 saturated heterocycles. The number of rotatable bonds is 1. The summed E-state index contributed by atoms with van der Waals surface area (Å²) >= 11 is 0. The molecule has 3 nitrogen and oxygen atoms in total. The summed E-state index contributed by atoms with van der Waals surface area (Å²) in [5, 5.41) is 0. The molecule has 4 atom stereocenters. The fraction of sp³-hybridized carbons (Fsp3) is 1.00. The largest absolute Gasteiger partial charge is 0.326 e. The highest BCUT2D eigenvalue weighted by atomic mass is 15.3. The van der Waals surface area contributed by atoms with Gasteiger partial charge in [-0.1, -0.05) is 13.8 Å². The predicted octanol–water partition coefficient (Wildman–Crippen LogP) is 1.53. The van der Waals surface area contributed by atoms with Gasteiger partial charge in [0.15, 0.2) is 0 Å². The van der Waals surface area contributed by atoms with Crippen LogP contribution in [0, 0.1) is 5.41 Å². The lowest BCUT2D eigenvalue weighted by atomic mass is 9.87. The van der Waals surface area contributed by atoms with Crippen molar-refractivity contribution in [2.24, 2.45) is 11.1 Å². The molecule has 2 fully saturated rings. The van der Waals surface area contributed by atoms with E-state index in [-0.39, 0.29) is 0 Å². The lowest BCUT2D eigenvalue weighted by molar-refractivity contribution is 0.0273. The van der Waals surface area contributed by atoms with Crippen molar-refractivity contribution in [1.82, 2.24) is 9.80 Å². The van der Waals surface area contributed by atoms with Crippen LogP contribution in [-0.2, 0) is 0 Å². The maximum absolute atomic E-state index is 6.46. The monoisotopic (exact) mass is 239 g/mol. The Kier molecular flexibility index (Phi) is 3.54. The molecule has 0 spiro atoms. The minimum atomic E-state index is 0.320. The van der Waals surface area contributed by atoms with Crippen molar-refractivity contribution >= 4 is 0 Å². The summed E-state index contributed by atoms with van der Waals surface area (Å²) in [6.45, 7) is 11.6. The van der Waals surface area contributed by atoms with Crippen molar-refractivity contribution in [3.63, 3.8) is 0 Å². The molecule has 0 aromatic heterocycles. The topological polar surface area (TPSA) is 32.5 Å². The molecule has 2 aliphatic rings. The smallest absolute Gasteiger partial charge is 0.0253 e. The maximum Gasteiger partial charge on any atom is 0.0253 e. The highest BCUT2D eigenvalue weighted by Gasteiger charge is 2.43. The fourth-order valence-electron chi connectivity index (χ4n) is 3.51. The number of likely N-dealkylation sites (N-methyl/N-ethyl adjacent to an activating group) is 1. The predicted molar refractivity (Wildman–Crippen MR) is 73.0 cm³/mol. The summed E-state index contributed by atoms with van der Waals surface area (Å²) in [6, 6.07) is 2.23. The Balaban J connectivity index is 2.05. The first-order chi connectivity index (χ1) is 7.83. The zero-order valence-corrected chi connectivity index (χ0v) is 12.1. The molecule has 0 amide bonds. The van der Waals surface area contributed by atoms with Crippen LogP contribution < -0.4 is 5.73 Å². The van der Waals surface area contributed by atoms with Gasteiger partial charge in [-0.05, 0) is 39.2 Å². The molecule has 17 heavy (non-hydrogen) atoms. The first kappa shape index (κ1) is 13.3. The van der Waals surface area contributed by atoms with Crippen LogP contribution in [0.2, 0.25) is 0 Å². The van der Waals surface area contributed by atoms with E-state index < -0.39 is 0 Å². The van der Waals surface area contributed by atoms with Crippen molar-refractivity contribution < 1.29 is 0 Å². The van der Waals surface area contributed by atoms with Gasteiger partial charge in [0.25, 0.3) is 0 Å². The number of nitrogens with zero attached hydrogens (tertiary/aromatic N) is 2. The first-order valence-corrected chi connectivity index (χ1v) is 7.04. The molecule has 4 unspecified atom stereocenters. The third kappa shape index (κ3) is 2.38. The Morgan fingerprint density at radius 1 is 1.12 bits per heavy atom. The van der Waals surface area contributed by atoms with Gasteiger partial charge in [0, 0.05) is 37.3 Å². The summed E-state index contributed by atoms with van der Waals surface area (Å²) in [6.07, 6.45) is 2.55. The molecular weight excluding hydrogens is 210 g/mol. The zero-order chi connectivity index (χ0) is 12.8. The number of piperazine rings is 1. The van der Waals surface area contributed by atoms with E-state index in [0.29, 0.717) is 29.6 Å². The van der Waals surface area contributed by atoms with E-state index >= 15 is 0 Å². The quantitative estimate of drug-likeness (QED) is 0.753. The molecule has 1 aliphatic heterocycles. The molecule has 1 heterocycles. The van der Waals surface area contributed by atoms with Crippen molar-refractivity contribution in [3.8, 4) is 0 Å². The zero-order valence-electron chi connectivity index (χ0n) is 12.1. The normalized spacial score (nSPS) is 44.1. The lowest BCUT2D eigenvalue weighted by Crippen LogP contribution is -2.60. The summed E-state index contributed by atoms with van der Waals surface area (Å²) in [7, 11) is 2.24. The van der Waals surface area contributed by atoms with Gasteiger partial charge in [-0.2, -0.15) is 0 Å². The molecule has 2 rings (SSSR count). The van der Waals surface area contributed by atoms with Crippen LogP contribution in [0.1, 0.15) is 40.5 Å². The van der Waals surface area contributed by atoms with Gasteiger partial charge >= 0.3 is 0 Å². The summed E-state index contributed by atoms with van der Waals surface area (Å²) in [4.78, 5) is 5.14. The number of hydrogen-bond acceptors (Lipinski definition) is 3. The van der Waals surface area contributed by atoms with Gasteiger partial charge in [-0.3, -0.25) is 9.80 Å². The van der Waals surface area contributed by atoms with Gasteiger partial charge in [-0.25, -0.2) is 0 Å². The second kappa shape index (κ2) is 4.52. The molecule has 0 aromatic carbocycles. The third-order valence-corrected chi connectivity index (χ3v) is 5.26. The van der Waals surface area contributed by atoms with E-state index in [4.69, 9.17) is 5.73 Å². The van der Waals surface area contributed by atoms with Gasteiger partial charge < -0.3 is 5.73 Å². The Morgan fingerprint density at radius 3 is 2.06 bits per heavy atom. The molecule has 1 saturated carbocycles. The van der Waals surface area contributed by atoms with Crippen LogP contribution in [0.5, 0.6) is 0 Å². The first-order valence-electron chi connectivity index (χ1n) is 7.04. The minimum absolute atomic E-state index is 0.320. The van der Waals surface area contributed by atoms with E-state index in [1.165, 1.54) is 25.9 Å². The molecule has 2 N–H and O–H groups in total. The van der Waals surface area contributed by atoms with Gasteiger partial charge in [0.2, 0.25) is 0 Å². The fourth-order valence-corrected chi connectivity index (χ4v) is 3.51. The van der Waals surface area contributed by atoms with Gasteiger partial charge in [0.05, 0.1) is 0 Å². The molecule has 100 valence electrons. The minimum Gasteiger partial charge on any atom is -0.326 e. The van der Waals surface area contributed by atoms with Crippen LogP contribution >= 0.6 is 0 Å². The van der Waals surface area contributed by atoms with E-state index in [1.54, 1.807) is 0 Å². The Hall–Kier alpha value is -0.120. The van der Waals surface area contributed by atoms with Crippen molar-refractivity contribution in [1.29, 1.82) is 0 Å². The lowest BCUT2D eigenvalue weighted by Gasteiger charge is -2.46. The van der Waals surface area contributed by atoms with Gasteiger partial charge in [-0.15, -0.1) is 0 Å². The molecule has 3 heteroatoms. The van der Waals surface area contributed by atoms with Crippen LogP contribution in [0.15, 0.2) is 0 Å². The molecule has 0 bridgehead atoms. The van der Waals surface area contributed by atoms with Gasteiger partial charge in [0.1, 0.15) is 0 Å². The third-order valence-electron chi connectivity index (χ3n) is 5.26. The SMILES string of the molecule is CC1CN(C2CCC(C)(C)C2N)CC(C)N1C. The van der Waals surface area contributed by atoms with Crippen LogP contribution in [-0.4, -0.2) is 54.1 Å². The van der Waals surface area contributed by atoms with Crippen molar-refractivity contribution in [3.05, 3.63) is 0 Å². The van der Waals surface area contributed by atoms with Crippen molar-refractivity contribution in [2.75, 3.05) is 20.1 Å². The van der Waals surface area contributed by atoms with E-state index in [0.717, 1.165) is 0 Å². The second-order valence-corrected chi connectivity index (χ2v) is 6.94. The van der Waals surface area contributed by atoms with E-state index in [9.17, 15) is 0 Å². The highest BCUT2D eigenvalue weighted by Crippen LogP contribution is 2.39. The summed E-state index contributed by atoms with van der Waals surface area (Å²) in [5.74, 6) is 0. The Bertz CT molecular complexity index is 265. The average Bonchev–Trinajstić information content (AvgIpc) is 2.50. The van der Waals surface area contributed by atoms with Crippen molar-refractivity contribution in [2.45, 2.75) is 64.7 Å². The van der Waals surface area contributed by atoms with Crippen LogP contribution in [0.4, 0.5) is 0 Å². The molecule has 1 aliphatic carbocycles. The maximum atomic E-state index is 6.46. The second-order valence-electron chi connectivity index (χ2n) is 6.94. The number of nitrogens with two attached hydrogens (primary N) is 1. The summed E-state index contributed by atoms with van der Waals surface area (Å²) in [5.41, 5.74) is 6.78. The van der Waals surface area contributed by atoms with Crippen LogP contribution in [0.25, 0.3) is 0 Å².